The second kappa shape index (κ2) is 9.14. The number of hydrogen-bond donors (Lipinski definition) is 2. The zero-order valence-electron chi connectivity index (χ0n) is 15.8. The van der Waals surface area contributed by atoms with E-state index in [0.717, 1.165) is 0 Å². The van der Waals surface area contributed by atoms with Gasteiger partial charge in [0.2, 0.25) is 10.0 Å². The van der Waals surface area contributed by atoms with Crippen LogP contribution in [0.2, 0.25) is 0 Å². The smallest absolute Gasteiger partial charge is 0.311 e. The molecule has 2 N–H and O–H groups in total. The zero-order chi connectivity index (χ0) is 20.0. The van der Waals surface area contributed by atoms with Crippen molar-refractivity contribution in [2.24, 2.45) is 5.41 Å². The van der Waals surface area contributed by atoms with Crippen LogP contribution >= 0.6 is 0 Å². The molecule has 0 aliphatic heterocycles. The van der Waals surface area contributed by atoms with Gasteiger partial charge in [-0.05, 0) is 37.1 Å². The van der Waals surface area contributed by atoms with Crippen LogP contribution in [0.4, 0.5) is 0 Å². The maximum absolute atomic E-state index is 12.4. The van der Waals surface area contributed by atoms with Gasteiger partial charge in [-0.15, -0.1) is 0 Å². The van der Waals surface area contributed by atoms with Crippen molar-refractivity contribution < 1.29 is 23.1 Å². The molecule has 0 bridgehead atoms. The van der Waals surface area contributed by atoms with Crippen molar-refractivity contribution in [1.29, 1.82) is 0 Å². The van der Waals surface area contributed by atoms with E-state index in [1.165, 1.54) is 28.6 Å². The van der Waals surface area contributed by atoms with Gasteiger partial charge >= 0.3 is 5.97 Å². The van der Waals surface area contributed by atoms with Gasteiger partial charge in [0.15, 0.2) is 0 Å². The van der Waals surface area contributed by atoms with Crippen LogP contribution < -0.4 is 5.32 Å². The molecule has 146 valence electrons. The fourth-order valence-corrected chi connectivity index (χ4v) is 4.18. The standard InChI is InChI=1S/C18H28N2O5S/c1-5-18(6-2,17(22)23)13-19-16(21)14-9-11-15(12-10-14)26(24,25)20(7-3)8-4/h9-12H,5-8,13H2,1-4H3,(H,19,21)(H,22,23). The van der Waals surface area contributed by atoms with E-state index in [1.54, 1.807) is 27.7 Å². The van der Waals surface area contributed by atoms with E-state index >= 15 is 0 Å². The van der Waals surface area contributed by atoms with Crippen molar-refractivity contribution >= 4 is 21.9 Å². The first kappa shape index (κ1) is 22.1. The maximum Gasteiger partial charge on any atom is 0.311 e. The summed E-state index contributed by atoms with van der Waals surface area (Å²) >= 11 is 0. The Bertz CT molecular complexity index is 720. The molecule has 26 heavy (non-hydrogen) atoms. The van der Waals surface area contributed by atoms with Gasteiger partial charge in [0.25, 0.3) is 5.91 Å². The average Bonchev–Trinajstić information content (AvgIpc) is 2.63. The molecule has 0 aromatic heterocycles. The van der Waals surface area contributed by atoms with Crippen molar-refractivity contribution in [2.75, 3.05) is 19.6 Å². The van der Waals surface area contributed by atoms with Gasteiger partial charge in [0.1, 0.15) is 0 Å². The lowest BCUT2D eigenvalue weighted by molar-refractivity contribution is -0.149. The summed E-state index contributed by atoms with van der Waals surface area (Å²) in [6, 6.07) is 5.66. The molecule has 1 aromatic rings. The number of aliphatic carboxylic acids is 1. The Morgan fingerprint density at radius 2 is 1.54 bits per heavy atom. The Morgan fingerprint density at radius 3 is 1.92 bits per heavy atom. The lowest BCUT2D eigenvalue weighted by atomic mass is 9.82. The summed E-state index contributed by atoms with van der Waals surface area (Å²) in [6.45, 7) is 7.83. The highest BCUT2D eigenvalue weighted by atomic mass is 32.2. The number of benzene rings is 1. The van der Waals surface area contributed by atoms with Gasteiger partial charge in [0, 0.05) is 25.2 Å². The molecular weight excluding hydrogens is 356 g/mol. The zero-order valence-corrected chi connectivity index (χ0v) is 16.6. The first-order valence-electron chi connectivity index (χ1n) is 8.80. The molecule has 0 radical (unpaired) electrons. The summed E-state index contributed by atoms with van der Waals surface area (Å²) in [4.78, 5) is 23.9. The number of nitrogens with one attached hydrogen (secondary N) is 1. The quantitative estimate of drug-likeness (QED) is 0.644. The molecule has 0 unspecified atom stereocenters. The van der Waals surface area contributed by atoms with Crippen LogP contribution in [-0.4, -0.2) is 49.3 Å². The Labute approximate surface area is 155 Å². The van der Waals surface area contributed by atoms with Gasteiger partial charge in [-0.1, -0.05) is 27.7 Å². The summed E-state index contributed by atoms with van der Waals surface area (Å²) in [5.74, 6) is -1.37. The van der Waals surface area contributed by atoms with Gasteiger partial charge in [-0.25, -0.2) is 8.42 Å². The summed E-state index contributed by atoms with van der Waals surface area (Å²) in [7, 11) is -3.57. The number of carboxylic acid groups (broad SMARTS) is 1. The SMILES string of the molecule is CCN(CC)S(=O)(=O)c1ccc(C(=O)NCC(CC)(CC)C(=O)O)cc1. The van der Waals surface area contributed by atoms with E-state index in [2.05, 4.69) is 5.32 Å². The number of hydrogen-bond acceptors (Lipinski definition) is 4. The molecule has 7 nitrogen and oxygen atoms in total. The number of carbonyl (C=O) groups excluding carboxylic acids is 1. The summed E-state index contributed by atoms with van der Waals surface area (Å²) in [5, 5.41) is 12.1. The fourth-order valence-electron chi connectivity index (χ4n) is 2.72. The van der Waals surface area contributed by atoms with Crippen LogP contribution in [0.3, 0.4) is 0 Å². The lowest BCUT2D eigenvalue weighted by Gasteiger charge is -2.26. The topological polar surface area (TPSA) is 104 Å². The monoisotopic (exact) mass is 384 g/mol. The fraction of sp³-hybridized carbons (Fsp3) is 0.556. The number of sulfonamides is 1. The van der Waals surface area contributed by atoms with E-state index in [0.29, 0.717) is 25.9 Å². The minimum Gasteiger partial charge on any atom is -0.481 e. The predicted octanol–water partition coefficient (Wildman–Crippen LogP) is 2.34. The Kier molecular flexibility index (Phi) is 7.77. The molecule has 1 amide bonds. The molecule has 0 spiro atoms. The van der Waals surface area contributed by atoms with E-state index in [-0.39, 0.29) is 17.0 Å². The number of carbonyl (C=O) groups is 2. The highest BCUT2D eigenvalue weighted by molar-refractivity contribution is 7.89. The van der Waals surface area contributed by atoms with Crippen LogP contribution in [0.25, 0.3) is 0 Å². The molecule has 0 atom stereocenters. The number of nitrogens with zero attached hydrogens (tertiary/aromatic N) is 1. The first-order valence-corrected chi connectivity index (χ1v) is 10.2. The molecular formula is C18H28N2O5S. The van der Waals surface area contributed by atoms with E-state index < -0.39 is 27.3 Å². The molecule has 0 saturated carbocycles. The molecule has 0 fully saturated rings. The molecule has 1 rings (SSSR count). The second-order valence-corrected chi connectivity index (χ2v) is 8.03. The van der Waals surface area contributed by atoms with Crippen molar-refractivity contribution in [3.8, 4) is 0 Å². The molecule has 0 aliphatic rings. The van der Waals surface area contributed by atoms with Crippen LogP contribution in [-0.2, 0) is 14.8 Å². The molecule has 1 aromatic carbocycles. The van der Waals surface area contributed by atoms with Crippen LogP contribution in [0.5, 0.6) is 0 Å². The van der Waals surface area contributed by atoms with Gasteiger partial charge in [-0.2, -0.15) is 4.31 Å². The maximum atomic E-state index is 12.4. The third kappa shape index (κ3) is 4.62. The van der Waals surface area contributed by atoms with Gasteiger partial charge < -0.3 is 10.4 Å². The van der Waals surface area contributed by atoms with Gasteiger partial charge in [0.05, 0.1) is 10.3 Å². The lowest BCUT2D eigenvalue weighted by Crippen LogP contribution is -2.42. The van der Waals surface area contributed by atoms with Crippen molar-refractivity contribution in [2.45, 2.75) is 45.4 Å². The Morgan fingerprint density at radius 1 is 1.04 bits per heavy atom. The third-order valence-electron chi connectivity index (χ3n) is 4.85. The van der Waals surface area contributed by atoms with E-state index in [1.807, 2.05) is 0 Å². The highest BCUT2D eigenvalue weighted by Gasteiger charge is 2.35. The van der Waals surface area contributed by atoms with Crippen LogP contribution in [0.1, 0.15) is 50.9 Å². The highest BCUT2D eigenvalue weighted by Crippen LogP contribution is 2.26. The van der Waals surface area contributed by atoms with E-state index in [4.69, 9.17) is 0 Å². The van der Waals surface area contributed by atoms with Crippen LogP contribution in [0, 0.1) is 5.41 Å². The summed E-state index contributed by atoms with van der Waals surface area (Å²) in [5.41, 5.74) is -0.711. The largest absolute Gasteiger partial charge is 0.481 e. The molecule has 8 heteroatoms. The Balaban J connectivity index is 2.92. The second-order valence-electron chi connectivity index (χ2n) is 6.09. The number of rotatable bonds is 10. The average molecular weight is 384 g/mol. The Hall–Kier alpha value is -1.93. The normalized spacial score (nSPS) is 12.2. The molecule has 0 saturated heterocycles. The number of amides is 1. The van der Waals surface area contributed by atoms with Crippen molar-refractivity contribution in [3.05, 3.63) is 29.8 Å². The minimum absolute atomic E-state index is 0.0215. The van der Waals surface area contributed by atoms with Crippen molar-refractivity contribution in [3.63, 3.8) is 0 Å². The number of carboxylic acids is 1. The van der Waals surface area contributed by atoms with Gasteiger partial charge in [-0.3, -0.25) is 9.59 Å². The molecule has 0 heterocycles. The van der Waals surface area contributed by atoms with E-state index in [9.17, 15) is 23.1 Å². The van der Waals surface area contributed by atoms with Crippen LogP contribution in [0.15, 0.2) is 29.2 Å². The van der Waals surface area contributed by atoms with Crippen molar-refractivity contribution in [1.82, 2.24) is 9.62 Å². The third-order valence-corrected chi connectivity index (χ3v) is 6.92. The first-order chi connectivity index (χ1) is 12.2. The summed E-state index contributed by atoms with van der Waals surface area (Å²) < 4.78 is 26.2. The molecule has 0 aliphatic carbocycles. The predicted molar refractivity (Wildman–Crippen MR) is 99.5 cm³/mol. The minimum atomic E-state index is -3.57. The summed E-state index contributed by atoms with van der Waals surface area (Å²) in [6.07, 6.45) is 0.806.